The predicted octanol–water partition coefficient (Wildman–Crippen LogP) is -0.0454. The van der Waals surface area contributed by atoms with E-state index in [9.17, 15) is 0 Å². The Morgan fingerprint density at radius 2 is 1.10 bits per heavy atom. The van der Waals surface area contributed by atoms with E-state index in [4.69, 9.17) is 0 Å². The quantitative estimate of drug-likeness (QED) is 0.440. The Labute approximate surface area is 131 Å². The Bertz CT molecular complexity index is 220. The summed E-state index contributed by atoms with van der Waals surface area (Å²) < 4.78 is 0. The van der Waals surface area contributed by atoms with E-state index in [2.05, 4.69) is 31.1 Å². The van der Waals surface area contributed by atoms with Gasteiger partial charge in [-0.2, -0.15) is 5.12 Å². The van der Waals surface area contributed by atoms with Crippen molar-refractivity contribution in [2.45, 2.75) is 25.7 Å². The molecule has 1 saturated heterocycles. The van der Waals surface area contributed by atoms with Gasteiger partial charge in [-0.25, -0.2) is 10.0 Å². The van der Waals surface area contributed by atoms with Crippen molar-refractivity contribution in [1.82, 2.24) is 31.1 Å². The van der Waals surface area contributed by atoms with Gasteiger partial charge in [-0.1, -0.05) is 0 Å². The molecule has 6 nitrogen and oxygen atoms in total. The summed E-state index contributed by atoms with van der Waals surface area (Å²) in [5.74, 6) is 0. The average molecular weight is 300 g/mol. The molecule has 0 aromatic carbocycles. The van der Waals surface area contributed by atoms with Gasteiger partial charge in [-0.3, -0.25) is 0 Å². The molecule has 1 aliphatic heterocycles. The van der Waals surface area contributed by atoms with Crippen LogP contribution >= 0.6 is 0 Å². The lowest BCUT2D eigenvalue weighted by Crippen LogP contribution is -2.59. The van der Waals surface area contributed by atoms with Gasteiger partial charge in [0.15, 0.2) is 0 Å². The fourth-order valence-electron chi connectivity index (χ4n) is 2.86. The molecular weight excluding hydrogens is 264 g/mol. The second-order valence-electron chi connectivity index (χ2n) is 5.73. The summed E-state index contributed by atoms with van der Waals surface area (Å²) >= 11 is 0. The maximum Gasteiger partial charge on any atom is 0.0305 e. The lowest BCUT2D eigenvalue weighted by atomic mass is 10.3. The number of hydrogen-bond donors (Lipinski definition) is 3. The van der Waals surface area contributed by atoms with Gasteiger partial charge < -0.3 is 16.0 Å². The molecule has 0 unspecified atom stereocenters. The van der Waals surface area contributed by atoms with Crippen LogP contribution in [0.3, 0.4) is 0 Å². The fourth-order valence-corrected chi connectivity index (χ4v) is 2.86. The van der Waals surface area contributed by atoms with Gasteiger partial charge in [0.05, 0.1) is 0 Å². The van der Waals surface area contributed by atoms with Crippen molar-refractivity contribution in [3.63, 3.8) is 0 Å². The summed E-state index contributed by atoms with van der Waals surface area (Å²) in [7, 11) is 6.10. The zero-order valence-corrected chi connectivity index (χ0v) is 14.3. The van der Waals surface area contributed by atoms with E-state index in [1.54, 1.807) is 0 Å². The second kappa shape index (κ2) is 12.3. The third-order valence-electron chi connectivity index (χ3n) is 3.96. The SMILES string of the molecule is CNCCCN1CCCN(CCCNC)N1CCCNC. The van der Waals surface area contributed by atoms with Crippen molar-refractivity contribution in [2.75, 3.05) is 73.5 Å². The second-order valence-corrected chi connectivity index (χ2v) is 5.73. The minimum Gasteiger partial charge on any atom is -0.320 e. The number of hydrazine groups is 2. The molecule has 0 aliphatic carbocycles. The maximum atomic E-state index is 3.26. The topological polar surface area (TPSA) is 45.8 Å². The van der Waals surface area contributed by atoms with E-state index in [0.717, 1.165) is 39.3 Å². The molecule has 1 aliphatic rings. The van der Waals surface area contributed by atoms with Crippen LogP contribution in [0.4, 0.5) is 0 Å². The van der Waals surface area contributed by atoms with Crippen molar-refractivity contribution >= 4 is 0 Å². The van der Waals surface area contributed by atoms with Crippen molar-refractivity contribution in [2.24, 2.45) is 0 Å². The van der Waals surface area contributed by atoms with Crippen molar-refractivity contribution in [1.29, 1.82) is 0 Å². The van der Waals surface area contributed by atoms with Gasteiger partial charge in [0, 0.05) is 32.7 Å². The summed E-state index contributed by atoms with van der Waals surface area (Å²) in [5.41, 5.74) is 0. The van der Waals surface area contributed by atoms with Crippen LogP contribution in [0.1, 0.15) is 25.7 Å². The number of hydrogen-bond acceptors (Lipinski definition) is 6. The molecule has 0 spiro atoms. The van der Waals surface area contributed by atoms with Gasteiger partial charge in [-0.15, -0.1) is 0 Å². The van der Waals surface area contributed by atoms with E-state index in [1.807, 2.05) is 21.1 Å². The fraction of sp³-hybridized carbons (Fsp3) is 1.00. The first-order valence-electron chi connectivity index (χ1n) is 8.54. The first-order valence-corrected chi connectivity index (χ1v) is 8.54. The third kappa shape index (κ3) is 7.54. The van der Waals surface area contributed by atoms with Crippen LogP contribution in [0, 0.1) is 0 Å². The average Bonchev–Trinajstić information content (AvgIpc) is 2.50. The summed E-state index contributed by atoms with van der Waals surface area (Å²) in [6.45, 7) is 9.12. The highest BCUT2D eigenvalue weighted by Gasteiger charge is 2.25. The lowest BCUT2D eigenvalue weighted by molar-refractivity contribution is -0.211. The van der Waals surface area contributed by atoms with Crippen LogP contribution < -0.4 is 16.0 Å². The molecule has 3 N–H and O–H groups in total. The monoisotopic (exact) mass is 300 g/mol. The highest BCUT2D eigenvalue weighted by atomic mass is 15.9. The summed E-state index contributed by atoms with van der Waals surface area (Å²) in [4.78, 5) is 0. The van der Waals surface area contributed by atoms with Crippen molar-refractivity contribution < 1.29 is 0 Å². The molecule has 0 aromatic heterocycles. The van der Waals surface area contributed by atoms with Crippen LogP contribution in [-0.4, -0.2) is 88.6 Å². The van der Waals surface area contributed by atoms with Gasteiger partial charge in [0.25, 0.3) is 0 Å². The number of nitrogens with one attached hydrogen (secondary N) is 3. The molecule has 0 aromatic rings. The van der Waals surface area contributed by atoms with Crippen LogP contribution in [0.2, 0.25) is 0 Å². The molecule has 0 radical (unpaired) electrons. The van der Waals surface area contributed by atoms with Crippen LogP contribution in [0.15, 0.2) is 0 Å². The van der Waals surface area contributed by atoms with Gasteiger partial charge in [0.2, 0.25) is 0 Å². The van der Waals surface area contributed by atoms with Gasteiger partial charge in [-0.05, 0) is 66.5 Å². The number of nitrogens with zero attached hydrogens (tertiary/aromatic N) is 3. The molecule has 1 fully saturated rings. The molecule has 6 heteroatoms. The van der Waals surface area contributed by atoms with Gasteiger partial charge in [0.1, 0.15) is 0 Å². The minimum atomic E-state index is 1.09. The third-order valence-corrected chi connectivity index (χ3v) is 3.96. The molecule has 21 heavy (non-hydrogen) atoms. The Hall–Kier alpha value is -0.240. The lowest BCUT2D eigenvalue weighted by Gasteiger charge is -2.46. The minimum absolute atomic E-state index is 1.09. The van der Waals surface area contributed by atoms with E-state index in [1.165, 1.54) is 38.8 Å². The first kappa shape index (κ1) is 18.8. The Kier molecular flexibility index (Phi) is 11.0. The summed E-state index contributed by atoms with van der Waals surface area (Å²) in [6.07, 6.45) is 4.90. The normalized spacial score (nSPS) is 18.4. The molecule has 1 rings (SSSR count). The molecule has 0 amide bonds. The zero-order chi connectivity index (χ0) is 15.3. The predicted molar refractivity (Wildman–Crippen MR) is 90.1 cm³/mol. The molecular formula is C15H36N6. The summed E-state index contributed by atoms with van der Waals surface area (Å²) in [5, 5.41) is 17.4. The standard InChI is InChI=1S/C15H36N6/c1-16-8-4-11-19-13-7-14-20(12-5-9-17-2)21(19)15-6-10-18-3/h16-18H,4-15H2,1-3H3. The number of rotatable bonds is 12. The Morgan fingerprint density at radius 3 is 1.52 bits per heavy atom. The van der Waals surface area contributed by atoms with Crippen molar-refractivity contribution in [3.05, 3.63) is 0 Å². The van der Waals surface area contributed by atoms with Crippen LogP contribution in [-0.2, 0) is 0 Å². The van der Waals surface area contributed by atoms with Crippen LogP contribution in [0.25, 0.3) is 0 Å². The van der Waals surface area contributed by atoms with E-state index < -0.39 is 0 Å². The Balaban J connectivity index is 2.47. The molecule has 0 atom stereocenters. The highest BCUT2D eigenvalue weighted by molar-refractivity contribution is 4.68. The molecule has 1 heterocycles. The summed E-state index contributed by atoms with van der Waals surface area (Å²) in [6, 6.07) is 0. The molecule has 0 saturated carbocycles. The highest BCUT2D eigenvalue weighted by Crippen LogP contribution is 2.14. The van der Waals surface area contributed by atoms with E-state index >= 15 is 0 Å². The first-order chi connectivity index (χ1) is 10.3. The molecule has 0 bridgehead atoms. The molecule has 126 valence electrons. The maximum absolute atomic E-state index is 3.26. The van der Waals surface area contributed by atoms with Crippen LogP contribution in [0.5, 0.6) is 0 Å². The van der Waals surface area contributed by atoms with Gasteiger partial charge >= 0.3 is 0 Å². The largest absolute Gasteiger partial charge is 0.320 e. The Morgan fingerprint density at radius 1 is 0.667 bits per heavy atom. The van der Waals surface area contributed by atoms with Crippen molar-refractivity contribution in [3.8, 4) is 0 Å². The van der Waals surface area contributed by atoms with E-state index in [0.29, 0.717) is 0 Å². The van der Waals surface area contributed by atoms with E-state index in [-0.39, 0.29) is 0 Å². The smallest absolute Gasteiger partial charge is 0.0305 e. The zero-order valence-electron chi connectivity index (χ0n) is 14.3.